The van der Waals surface area contributed by atoms with Crippen molar-refractivity contribution in [3.05, 3.63) is 0 Å². The maximum Gasteiger partial charge on any atom is 0.287 e. The summed E-state index contributed by atoms with van der Waals surface area (Å²) in [6.45, 7) is 8.26. The van der Waals surface area contributed by atoms with Crippen LogP contribution in [-0.2, 0) is 4.74 Å². The van der Waals surface area contributed by atoms with Crippen LogP contribution >= 0.6 is 0 Å². The van der Waals surface area contributed by atoms with E-state index >= 15 is 0 Å². The summed E-state index contributed by atoms with van der Waals surface area (Å²) in [4.78, 5) is 6.64. The lowest BCUT2D eigenvalue weighted by Gasteiger charge is -2.26. The molecule has 0 aromatic rings. The Morgan fingerprint density at radius 2 is 2.00 bits per heavy atom. The molecule has 1 heterocycles. The molecule has 0 fully saturated rings. The molecule has 1 rings (SSSR count). The molecular weight excluding hydrogens is 164 g/mol. The predicted molar refractivity (Wildman–Crippen MR) is 55.0 cm³/mol. The number of hydrogen-bond acceptors (Lipinski definition) is 3. The minimum atomic E-state index is 0.836. The van der Waals surface area contributed by atoms with Crippen LogP contribution < -0.4 is 0 Å². The molecule has 1 aliphatic heterocycles. The van der Waals surface area contributed by atoms with Crippen molar-refractivity contribution in [2.24, 2.45) is 4.99 Å². The van der Waals surface area contributed by atoms with Crippen LogP contribution in [0.5, 0.6) is 0 Å². The van der Waals surface area contributed by atoms with Crippen molar-refractivity contribution in [1.82, 2.24) is 4.90 Å². The van der Waals surface area contributed by atoms with Gasteiger partial charge in [-0.15, -0.1) is 0 Å². The van der Waals surface area contributed by atoms with Gasteiger partial charge in [-0.2, -0.15) is 0 Å². The summed E-state index contributed by atoms with van der Waals surface area (Å²) >= 11 is 0. The van der Waals surface area contributed by atoms with E-state index in [0.717, 1.165) is 51.5 Å². The first kappa shape index (κ1) is 10.4. The average molecular weight is 184 g/mol. The van der Waals surface area contributed by atoms with Gasteiger partial charge in [0.2, 0.25) is 0 Å². The minimum Gasteiger partial charge on any atom is -0.465 e. The zero-order chi connectivity index (χ0) is 9.52. The van der Waals surface area contributed by atoms with E-state index in [-0.39, 0.29) is 0 Å². The fraction of sp³-hybridized carbons (Fsp3) is 0.900. The van der Waals surface area contributed by atoms with Crippen molar-refractivity contribution in [3.63, 3.8) is 0 Å². The molecule has 3 heteroatoms. The van der Waals surface area contributed by atoms with Crippen LogP contribution in [0.25, 0.3) is 0 Å². The second kappa shape index (κ2) is 5.84. The Kier molecular flexibility index (Phi) is 4.65. The summed E-state index contributed by atoms with van der Waals surface area (Å²) in [7, 11) is 0. The molecular formula is C10H20N2O. The molecule has 0 bridgehead atoms. The van der Waals surface area contributed by atoms with Crippen molar-refractivity contribution >= 4 is 6.02 Å². The van der Waals surface area contributed by atoms with Gasteiger partial charge in [-0.1, -0.05) is 13.8 Å². The summed E-state index contributed by atoms with van der Waals surface area (Å²) in [6, 6.07) is 0.870. The predicted octanol–water partition coefficient (Wildman–Crippen LogP) is 1.88. The number of hydrogen-bond donors (Lipinski definition) is 0. The lowest BCUT2D eigenvalue weighted by Crippen LogP contribution is -2.36. The molecule has 13 heavy (non-hydrogen) atoms. The van der Waals surface area contributed by atoms with Crippen LogP contribution in [0, 0.1) is 0 Å². The second-order valence-corrected chi connectivity index (χ2v) is 3.35. The molecule has 0 N–H and O–H groups in total. The van der Waals surface area contributed by atoms with E-state index in [4.69, 9.17) is 4.74 Å². The summed E-state index contributed by atoms with van der Waals surface area (Å²) in [5.41, 5.74) is 0. The fourth-order valence-corrected chi connectivity index (χ4v) is 1.48. The van der Waals surface area contributed by atoms with Crippen molar-refractivity contribution in [1.29, 1.82) is 0 Å². The lowest BCUT2D eigenvalue weighted by molar-refractivity contribution is 0.212. The van der Waals surface area contributed by atoms with Gasteiger partial charge in [-0.05, 0) is 12.8 Å². The van der Waals surface area contributed by atoms with Gasteiger partial charge in [0.15, 0.2) is 0 Å². The highest BCUT2D eigenvalue weighted by Gasteiger charge is 2.13. The SMILES string of the molecule is CCCN(CCC)C1=NCCCO1. The van der Waals surface area contributed by atoms with Crippen molar-refractivity contribution in [2.75, 3.05) is 26.2 Å². The van der Waals surface area contributed by atoms with E-state index in [2.05, 4.69) is 23.7 Å². The Morgan fingerprint density at radius 3 is 2.46 bits per heavy atom. The van der Waals surface area contributed by atoms with E-state index in [1.165, 1.54) is 0 Å². The molecule has 0 atom stereocenters. The third-order valence-electron chi connectivity index (χ3n) is 2.04. The highest BCUT2D eigenvalue weighted by molar-refractivity contribution is 5.74. The third-order valence-corrected chi connectivity index (χ3v) is 2.04. The molecule has 0 spiro atoms. The van der Waals surface area contributed by atoms with Gasteiger partial charge in [0.25, 0.3) is 6.02 Å². The van der Waals surface area contributed by atoms with Crippen LogP contribution in [0.15, 0.2) is 4.99 Å². The maximum absolute atomic E-state index is 5.52. The molecule has 1 aliphatic rings. The zero-order valence-electron chi connectivity index (χ0n) is 8.75. The van der Waals surface area contributed by atoms with Gasteiger partial charge in [-0.25, -0.2) is 4.99 Å². The monoisotopic (exact) mass is 184 g/mol. The minimum absolute atomic E-state index is 0.836. The van der Waals surface area contributed by atoms with E-state index in [0.29, 0.717) is 0 Å². The Labute approximate surface area is 80.8 Å². The molecule has 76 valence electrons. The van der Waals surface area contributed by atoms with E-state index in [1.54, 1.807) is 0 Å². The van der Waals surface area contributed by atoms with Crippen LogP contribution in [0.3, 0.4) is 0 Å². The lowest BCUT2D eigenvalue weighted by atomic mass is 10.3. The topological polar surface area (TPSA) is 24.8 Å². The Morgan fingerprint density at radius 1 is 1.31 bits per heavy atom. The van der Waals surface area contributed by atoms with Crippen LogP contribution in [0.1, 0.15) is 33.1 Å². The van der Waals surface area contributed by atoms with Crippen LogP contribution in [-0.4, -0.2) is 37.2 Å². The third kappa shape index (κ3) is 3.25. The molecule has 3 nitrogen and oxygen atoms in total. The van der Waals surface area contributed by atoms with Crippen LogP contribution in [0.2, 0.25) is 0 Å². The number of ether oxygens (including phenoxy) is 1. The molecule has 0 radical (unpaired) electrons. The normalized spacial score (nSPS) is 16.3. The number of amidine groups is 1. The molecule has 0 aliphatic carbocycles. The standard InChI is InChI=1S/C10H20N2O/c1-3-7-12(8-4-2)10-11-6-5-9-13-10/h3-9H2,1-2H3. The molecule has 0 saturated carbocycles. The number of rotatable bonds is 4. The quantitative estimate of drug-likeness (QED) is 0.666. The first-order chi connectivity index (χ1) is 6.38. The Bertz CT molecular complexity index is 162. The first-order valence-corrected chi connectivity index (χ1v) is 5.30. The van der Waals surface area contributed by atoms with E-state index < -0.39 is 0 Å². The van der Waals surface area contributed by atoms with Gasteiger partial charge in [-0.3, -0.25) is 0 Å². The Hall–Kier alpha value is -0.730. The summed E-state index contributed by atoms with van der Waals surface area (Å²) < 4.78 is 5.52. The largest absolute Gasteiger partial charge is 0.465 e. The van der Waals surface area contributed by atoms with Crippen molar-refractivity contribution in [3.8, 4) is 0 Å². The highest BCUT2D eigenvalue weighted by atomic mass is 16.5. The molecule has 0 unspecified atom stereocenters. The maximum atomic E-state index is 5.52. The van der Waals surface area contributed by atoms with Crippen molar-refractivity contribution in [2.45, 2.75) is 33.1 Å². The number of nitrogens with zero attached hydrogens (tertiary/aromatic N) is 2. The highest BCUT2D eigenvalue weighted by Crippen LogP contribution is 2.04. The van der Waals surface area contributed by atoms with Gasteiger partial charge < -0.3 is 9.64 Å². The van der Waals surface area contributed by atoms with Gasteiger partial charge >= 0.3 is 0 Å². The second-order valence-electron chi connectivity index (χ2n) is 3.35. The smallest absolute Gasteiger partial charge is 0.287 e. The molecule has 0 saturated heterocycles. The zero-order valence-corrected chi connectivity index (χ0v) is 8.75. The van der Waals surface area contributed by atoms with E-state index in [1.807, 2.05) is 0 Å². The molecule has 0 aromatic carbocycles. The Balaban J connectivity index is 2.46. The summed E-state index contributed by atoms with van der Waals surface area (Å²) in [5, 5.41) is 0. The van der Waals surface area contributed by atoms with E-state index in [9.17, 15) is 0 Å². The van der Waals surface area contributed by atoms with Crippen molar-refractivity contribution < 1.29 is 4.74 Å². The molecule has 0 amide bonds. The van der Waals surface area contributed by atoms with Gasteiger partial charge in [0.05, 0.1) is 6.61 Å². The molecule has 0 aromatic heterocycles. The van der Waals surface area contributed by atoms with Gasteiger partial charge in [0, 0.05) is 26.1 Å². The van der Waals surface area contributed by atoms with Gasteiger partial charge in [0.1, 0.15) is 0 Å². The fourth-order valence-electron chi connectivity index (χ4n) is 1.48. The summed E-state index contributed by atoms with van der Waals surface area (Å²) in [5.74, 6) is 0. The number of aliphatic imine (C=N–C) groups is 1. The first-order valence-electron chi connectivity index (χ1n) is 5.30. The van der Waals surface area contributed by atoms with Crippen LogP contribution in [0.4, 0.5) is 0 Å². The average Bonchev–Trinajstić information content (AvgIpc) is 2.19. The summed E-state index contributed by atoms with van der Waals surface area (Å²) in [6.07, 6.45) is 3.38.